The Morgan fingerprint density at radius 1 is 1.44 bits per heavy atom. The quantitative estimate of drug-likeness (QED) is 0.783. The van der Waals surface area contributed by atoms with Crippen molar-refractivity contribution >= 4 is 28.4 Å². The van der Waals surface area contributed by atoms with Gasteiger partial charge in [0, 0.05) is 12.7 Å². The first-order chi connectivity index (χ1) is 7.69. The maximum atomic E-state index is 9.95. The topological polar surface area (TPSA) is 58.0 Å². The summed E-state index contributed by atoms with van der Waals surface area (Å²) in [4.78, 5) is 8.04. The molecule has 0 aliphatic rings. The number of hydrogen-bond acceptors (Lipinski definition) is 4. The van der Waals surface area contributed by atoms with Crippen LogP contribution in [0, 0.1) is 9.49 Å². The molecule has 2 N–H and O–H groups in total. The molecule has 1 rings (SSSR count). The lowest BCUT2D eigenvalue weighted by atomic mass is 9.97. The van der Waals surface area contributed by atoms with Crippen LogP contribution in [0.15, 0.2) is 12.5 Å². The lowest BCUT2D eigenvalue weighted by Crippen LogP contribution is -2.28. The molecule has 0 saturated carbocycles. The van der Waals surface area contributed by atoms with E-state index >= 15 is 0 Å². The number of anilines is 1. The molecule has 0 radical (unpaired) electrons. The molecule has 1 heterocycles. The maximum Gasteiger partial charge on any atom is 0.142 e. The summed E-state index contributed by atoms with van der Waals surface area (Å²) in [6.45, 7) is 4.75. The number of nitrogens with zero attached hydrogens (tertiary/aromatic N) is 2. The Morgan fingerprint density at radius 3 is 2.69 bits per heavy atom. The number of rotatable bonds is 6. The van der Waals surface area contributed by atoms with Crippen LogP contribution in [0.2, 0.25) is 0 Å². The van der Waals surface area contributed by atoms with Gasteiger partial charge in [0.25, 0.3) is 0 Å². The molecule has 0 spiro atoms. The van der Waals surface area contributed by atoms with Gasteiger partial charge in [-0.1, -0.05) is 26.7 Å². The zero-order valence-electron chi connectivity index (χ0n) is 9.65. The summed E-state index contributed by atoms with van der Waals surface area (Å²) in [7, 11) is 0. The van der Waals surface area contributed by atoms with Crippen molar-refractivity contribution in [3.63, 3.8) is 0 Å². The van der Waals surface area contributed by atoms with Crippen LogP contribution in [0.3, 0.4) is 0 Å². The molecule has 0 amide bonds. The van der Waals surface area contributed by atoms with Gasteiger partial charge in [0.05, 0.1) is 9.67 Å². The van der Waals surface area contributed by atoms with Crippen molar-refractivity contribution in [3.8, 4) is 0 Å². The minimum atomic E-state index is -0.319. The average molecular weight is 335 g/mol. The number of nitrogens with one attached hydrogen (secondary N) is 1. The summed E-state index contributed by atoms with van der Waals surface area (Å²) < 4.78 is 0.969. The van der Waals surface area contributed by atoms with Crippen molar-refractivity contribution in [2.75, 3.05) is 11.9 Å². The van der Waals surface area contributed by atoms with Crippen molar-refractivity contribution < 1.29 is 5.11 Å². The molecule has 0 aliphatic carbocycles. The Bertz CT molecular complexity index is 318. The fourth-order valence-electron chi connectivity index (χ4n) is 1.64. The summed E-state index contributed by atoms with van der Waals surface area (Å²) >= 11 is 2.17. The van der Waals surface area contributed by atoms with Crippen molar-refractivity contribution in [1.29, 1.82) is 0 Å². The van der Waals surface area contributed by atoms with Gasteiger partial charge in [-0.15, -0.1) is 0 Å². The Hall–Kier alpha value is -0.430. The zero-order valence-corrected chi connectivity index (χ0v) is 11.8. The number of aromatic nitrogens is 2. The summed E-state index contributed by atoms with van der Waals surface area (Å²) in [6.07, 6.45) is 4.94. The van der Waals surface area contributed by atoms with Crippen LogP contribution in [-0.4, -0.2) is 27.7 Å². The number of aliphatic hydroxyl groups is 1. The first kappa shape index (κ1) is 13.6. The van der Waals surface area contributed by atoms with E-state index in [0.717, 1.165) is 22.2 Å². The highest BCUT2D eigenvalue weighted by Gasteiger charge is 2.15. The summed E-state index contributed by atoms with van der Waals surface area (Å²) in [5.74, 6) is 1.15. The minimum Gasteiger partial charge on any atom is -0.391 e. The van der Waals surface area contributed by atoms with Gasteiger partial charge in [-0.25, -0.2) is 9.97 Å². The molecular formula is C11H18IN3O. The van der Waals surface area contributed by atoms with E-state index in [4.69, 9.17) is 0 Å². The fraction of sp³-hybridized carbons (Fsp3) is 0.636. The second-order valence-electron chi connectivity index (χ2n) is 3.74. The lowest BCUT2D eigenvalue weighted by molar-refractivity contribution is 0.114. The van der Waals surface area contributed by atoms with Gasteiger partial charge in [0.1, 0.15) is 12.1 Å². The third kappa shape index (κ3) is 3.86. The third-order valence-electron chi connectivity index (χ3n) is 2.74. The SMILES string of the molecule is CCC(CC)C(O)CNc1ncncc1I. The van der Waals surface area contributed by atoms with E-state index in [1.54, 1.807) is 6.20 Å². The molecule has 5 heteroatoms. The normalized spacial score (nSPS) is 12.8. The number of hydrogen-bond donors (Lipinski definition) is 2. The van der Waals surface area contributed by atoms with E-state index in [2.05, 4.69) is 51.7 Å². The van der Waals surface area contributed by atoms with Crippen LogP contribution in [0.5, 0.6) is 0 Å². The van der Waals surface area contributed by atoms with Gasteiger partial charge in [-0.3, -0.25) is 0 Å². The van der Waals surface area contributed by atoms with E-state index in [1.165, 1.54) is 6.33 Å². The molecule has 0 fully saturated rings. The molecule has 0 saturated heterocycles. The first-order valence-electron chi connectivity index (χ1n) is 5.56. The second-order valence-corrected chi connectivity index (χ2v) is 4.91. The van der Waals surface area contributed by atoms with Crippen LogP contribution in [-0.2, 0) is 0 Å². The van der Waals surface area contributed by atoms with Gasteiger partial charge in [0.15, 0.2) is 0 Å². The molecule has 0 bridgehead atoms. The summed E-state index contributed by atoms with van der Waals surface area (Å²) in [6, 6.07) is 0. The Balaban J connectivity index is 2.48. The first-order valence-corrected chi connectivity index (χ1v) is 6.64. The highest BCUT2D eigenvalue weighted by atomic mass is 127. The summed E-state index contributed by atoms with van der Waals surface area (Å²) in [5, 5.41) is 13.1. The van der Waals surface area contributed by atoms with E-state index < -0.39 is 0 Å². The highest BCUT2D eigenvalue weighted by Crippen LogP contribution is 2.16. The van der Waals surface area contributed by atoms with Crippen molar-refractivity contribution in [2.24, 2.45) is 5.92 Å². The van der Waals surface area contributed by atoms with Crippen LogP contribution >= 0.6 is 22.6 Å². The van der Waals surface area contributed by atoms with Crippen LogP contribution in [0.1, 0.15) is 26.7 Å². The molecule has 0 aromatic carbocycles. The molecule has 1 unspecified atom stereocenters. The largest absolute Gasteiger partial charge is 0.391 e. The molecule has 1 aromatic rings. The standard InChI is InChI=1S/C11H18IN3O/c1-3-8(4-2)10(16)6-14-11-9(12)5-13-7-15-11/h5,7-8,10,16H,3-4,6H2,1-2H3,(H,13,14,15). The van der Waals surface area contributed by atoms with E-state index in [1.807, 2.05) is 0 Å². The third-order valence-corrected chi connectivity index (χ3v) is 3.53. The van der Waals surface area contributed by atoms with E-state index in [0.29, 0.717) is 12.5 Å². The molecule has 16 heavy (non-hydrogen) atoms. The van der Waals surface area contributed by atoms with E-state index in [-0.39, 0.29) is 6.10 Å². The smallest absolute Gasteiger partial charge is 0.142 e. The average Bonchev–Trinajstić information content (AvgIpc) is 2.29. The van der Waals surface area contributed by atoms with Crippen LogP contribution in [0.4, 0.5) is 5.82 Å². The molecular weight excluding hydrogens is 317 g/mol. The van der Waals surface area contributed by atoms with Crippen molar-refractivity contribution in [3.05, 3.63) is 16.1 Å². The molecule has 90 valence electrons. The molecule has 4 nitrogen and oxygen atoms in total. The Kier molecular flexibility index (Phi) is 5.97. The van der Waals surface area contributed by atoms with Crippen LogP contribution < -0.4 is 5.32 Å². The highest BCUT2D eigenvalue weighted by molar-refractivity contribution is 14.1. The minimum absolute atomic E-state index is 0.319. The van der Waals surface area contributed by atoms with Gasteiger partial charge in [-0.05, 0) is 28.5 Å². The van der Waals surface area contributed by atoms with E-state index in [9.17, 15) is 5.11 Å². The predicted octanol–water partition coefficient (Wildman–Crippen LogP) is 2.29. The number of aliphatic hydroxyl groups excluding tert-OH is 1. The predicted molar refractivity (Wildman–Crippen MR) is 73.3 cm³/mol. The monoisotopic (exact) mass is 335 g/mol. The van der Waals surface area contributed by atoms with Crippen molar-refractivity contribution in [2.45, 2.75) is 32.8 Å². The van der Waals surface area contributed by atoms with Gasteiger partial charge < -0.3 is 10.4 Å². The van der Waals surface area contributed by atoms with Gasteiger partial charge in [-0.2, -0.15) is 0 Å². The Morgan fingerprint density at radius 2 is 2.12 bits per heavy atom. The van der Waals surface area contributed by atoms with Gasteiger partial charge in [0.2, 0.25) is 0 Å². The zero-order chi connectivity index (χ0) is 12.0. The molecule has 0 aliphatic heterocycles. The lowest BCUT2D eigenvalue weighted by Gasteiger charge is -2.20. The maximum absolute atomic E-state index is 9.95. The van der Waals surface area contributed by atoms with Crippen LogP contribution in [0.25, 0.3) is 0 Å². The Labute approximate surface area is 110 Å². The summed E-state index contributed by atoms with van der Waals surface area (Å²) in [5.41, 5.74) is 0. The molecule has 1 atom stereocenters. The second kappa shape index (κ2) is 7.01. The molecule has 1 aromatic heterocycles. The fourth-order valence-corrected chi connectivity index (χ4v) is 2.13. The van der Waals surface area contributed by atoms with Gasteiger partial charge >= 0.3 is 0 Å². The number of halogens is 1. The van der Waals surface area contributed by atoms with Crippen molar-refractivity contribution in [1.82, 2.24) is 9.97 Å².